The van der Waals surface area contributed by atoms with Gasteiger partial charge in [-0.05, 0) is 25.5 Å². The van der Waals surface area contributed by atoms with Crippen LogP contribution in [0, 0.1) is 0 Å². The summed E-state index contributed by atoms with van der Waals surface area (Å²) in [5.41, 5.74) is 0. The van der Waals surface area contributed by atoms with E-state index in [1.807, 2.05) is 18.2 Å². The summed E-state index contributed by atoms with van der Waals surface area (Å²) in [4.78, 5) is 25.7. The van der Waals surface area contributed by atoms with Crippen molar-refractivity contribution in [1.29, 1.82) is 0 Å². The van der Waals surface area contributed by atoms with Gasteiger partial charge in [0.05, 0.1) is 6.54 Å². The van der Waals surface area contributed by atoms with Gasteiger partial charge in [-0.3, -0.25) is 9.59 Å². The summed E-state index contributed by atoms with van der Waals surface area (Å²) in [7, 11) is 0. The molecule has 2 unspecified atom stereocenters. The molecular weight excluding hydrogens is 272 g/mol. The molecule has 1 aromatic carbocycles. The second-order valence-electron chi connectivity index (χ2n) is 5.27. The minimum absolute atomic E-state index is 0.0764. The van der Waals surface area contributed by atoms with Gasteiger partial charge in [0.25, 0.3) is 5.91 Å². The monoisotopic (exact) mass is 290 g/mol. The van der Waals surface area contributed by atoms with Crippen LogP contribution < -0.4 is 14.8 Å². The first-order chi connectivity index (χ1) is 10.1. The van der Waals surface area contributed by atoms with E-state index >= 15 is 0 Å². The predicted octanol–water partition coefficient (Wildman–Crippen LogP) is 0.563. The number of carbonyl (C=O) groups is 2. The van der Waals surface area contributed by atoms with Crippen LogP contribution in [0.2, 0.25) is 0 Å². The Hall–Kier alpha value is -2.24. The van der Waals surface area contributed by atoms with Crippen molar-refractivity contribution < 1.29 is 19.1 Å². The number of benzene rings is 1. The Balaban J connectivity index is 1.77. The molecule has 0 radical (unpaired) electrons. The van der Waals surface area contributed by atoms with E-state index in [0.29, 0.717) is 24.6 Å². The van der Waals surface area contributed by atoms with Gasteiger partial charge in [0.1, 0.15) is 6.10 Å². The maximum atomic E-state index is 12.6. The Morgan fingerprint density at radius 1 is 1.29 bits per heavy atom. The molecule has 0 aliphatic carbocycles. The quantitative estimate of drug-likeness (QED) is 0.821. The van der Waals surface area contributed by atoms with Crippen LogP contribution in [0.4, 0.5) is 0 Å². The average molecular weight is 290 g/mol. The van der Waals surface area contributed by atoms with E-state index in [4.69, 9.17) is 9.47 Å². The average Bonchev–Trinajstić information content (AvgIpc) is 2.70. The van der Waals surface area contributed by atoms with Gasteiger partial charge in [0.2, 0.25) is 12.0 Å². The Bertz CT molecular complexity index is 560. The number of hydrogen-bond donors (Lipinski definition) is 1. The number of amides is 2. The first kappa shape index (κ1) is 13.7. The normalized spacial score (nSPS) is 25.0. The molecule has 1 fully saturated rings. The van der Waals surface area contributed by atoms with Crippen LogP contribution in [0.1, 0.15) is 13.3 Å². The third kappa shape index (κ3) is 2.79. The molecule has 2 aliphatic heterocycles. The highest BCUT2D eigenvalue weighted by molar-refractivity contribution is 5.88. The summed E-state index contributed by atoms with van der Waals surface area (Å²) in [6, 6.07) is 7.28. The van der Waals surface area contributed by atoms with E-state index in [9.17, 15) is 9.59 Å². The molecule has 1 aromatic rings. The fourth-order valence-corrected chi connectivity index (χ4v) is 2.56. The molecule has 0 aromatic heterocycles. The van der Waals surface area contributed by atoms with Crippen molar-refractivity contribution in [2.75, 3.05) is 19.6 Å². The van der Waals surface area contributed by atoms with E-state index in [0.717, 1.165) is 6.42 Å². The summed E-state index contributed by atoms with van der Waals surface area (Å²) in [5.74, 6) is 0.871. The number of hydrogen-bond acceptors (Lipinski definition) is 4. The first-order valence-electron chi connectivity index (χ1n) is 7.13. The van der Waals surface area contributed by atoms with Gasteiger partial charge >= 0.3 is 0 Å². The van der Waals surface area contributed by atoms with Crippen molar-refractivity contribution in [2.24, 2.45) is 0 Å². The third-order valence-corrected chi connectivity index (χ3v) is 3.66. The molecule has 1 saturated heterocycles. The zero-order valence-electron chi connectivity index (χ0n) is 11.9. The van der Waals surface area contributed by atoms with E-state index in [-0.39, 0.29) is 18.4 Å². The van der Waals surface area contributed by atoms with Gasteiger partial charge in [-0.15, -0.1) is 0 Å². The zero-order valence-corrected chi connectivity index (χ0v) is 11.9. The minimum atomic E-state index is -0.717. The highest BCUT2D eigenvalue weighted by atomic mass is 16.6. The zero-order chi connectivity index (χ0) is 14.8. The number of nitrogens with one attached hydrogen (secondary N) is 1. The van der Waals surface area contributed by atoms with Crippen LogP contribution in [-0.4, -0.2) is 48.6 Å². The van der Waals surface area contributed by atoms with E-state index < -0.39 is 12.2 Å². The number of nitrogens with zero attached hydrogens (tertiary/aromatic N) is 1. The largest absolute Gasteiger partial charge is 0.482 e. The lowest BCUT2D eigenvalue weighted by atomic mass is 10.1. The number of fused-ring (bicyclic) bond motifs is 1. The van der Waals surface area contributed by atoms with Crippen LogP contribution in [0.5, 0.6) is 11.5 Å². The van der Waals surface area contributed by atoms with Crippen LogP contribution in [0.25, 0.3) is 0 Å². The number of carbonyl (C=O) groups excluding carboxylic acids is 2. The Labute approximate surface area is 123 Å². The van der Waals surface area contributed by atoms with Crippen LogP contribution in [0.3, 0.4) is 0 Å². The second kappa shape index (κ2) is 5.63. The molecule has 0 spiro atoms. The van der Waals surface area contributed by atoms with Crippen molar-refractivity contribution in [2.45, 2.75) is 25.6 Å². The molecule has 2 amide bonds. The van der Waals surface area contributed by atoms with Crippen LogP contribution in [0.15, 0.2) is 24.3 Å². The van der Waals surface area contributed by atoms with Gasteiger partial charge in [0.15, 0.2) is 11.5 Å². The van der Waals surface area contributed by atoms with Crippen molar-refractivity contribution in [3.05, 3.63) is 24.3 Å². The number of para-hydroxylation sites is 2. The molecule has 2 atom stereocenters. The Morgan fingerprint density at radius 3 is 2.76 bits per heavy atom. The summed E-state index contributed by atoms with van der Waals surface area (Å²) in [5, 5.41) is 2.75. The number of ether oxygens (including phenoxy) is 2. The summed E-state index contributed by atoms with van der Waals surface area (Å²) in [6.07, 6.45) is -0.361. The molecular formula is C15H18N2O4. The molecule has 112 valence electrons. The topological polar surface area (TPSA) is 67.9 Å². The summed E-state index contributed by atoms with van der Waals surface area (Å²) in [6.45, 7) is 3.03. The van der Waals surface area contributed by atoms with Gasteiger partial charge in [-0.1, -0.05) is 12.1 Å². The summed E-state index contributed by atoms with van der Waals surface area (Å²) < 4.78 is 11.5. The van der Waals surface area contributed by atoms with Crippen LogP contribution in [-0.2, 0) is 9.59 Å². The fraction of sp³-hybridized carbons (Fsp3) is 0.467. The molecule has 2 heterocycles. The molecule has 2 aliphatic rings. The van der Waals surface area contributed by atoms with Crippen molar-refractivity contribution >= 4 is 11.8 Å². The van der Waals surface area contributed by atoms with Gasteiger partial charge in [-0.2, -0.15) is 0 Å². The summed E-state index contributed by atoms with van der Waals surface area (Å²) >= 11 is 0. The van der Waals surface area contributed by atoms with Gasteiger partial charge < -0.3 is 19.7 Å². The lowest BCUT2D eigenvalue weighted by molar-refractivity contribution is -0.146. The van der Waals surface area contributed by atoms with Gasteiger partial charge in [0, 0.05) is 13.1 Å². The Morgan fingerprint density at radius 2 is 2.00 bits per heavy atom. The van der Waals surface area contributed by atoms with Crippen LogP contribution >= 0.6 is 0 Å². The predicted molar refractivity (Wildman–Crippen MR) is 75.2 cm³/mol. The molecule has 1 N–H and O–H groups in total. The molecule has 0 saturated carbocycles. The fourth-order valence-electron chi connectivity index (χ4n) is 2.56. The molecule has 0 bridgehead atoms. The molecule has 6 nitrogen and oxygen atoms in total. The van der Waals surface area contributed by atoms with Crippen molar-refractivity contribution in [3.63, 3.8) is 0 Å². The third-order valence-electron chi connectivity index (χ3n) is 3.66. The van der Waals surface area contributed by atoms with E-state index in [2.05, 4.69) is 5.32 Å². The number of rotatable bonds is 1. The standard InChI is InChI=1S/C15H18N2O4/c1-10-14(21-12-6-3-2-5-11(12)20-10)15(19)17-8-4-7-16-13(18)9-17/h2-3,5-6,10,14H,4,7-9H2,1H3,(H,16,18). The molecule has 6 heteroatoms. The minimum Gasteiger partial charge on any atom is -0.482 e. The van der Waals surface area contributed by atoms with Crippen molar-refractivity contribution in [3.8, 4) is 11.5 Å². The molecule has 21 heavy (non-hydrogen) atoms. The maximum absolute atomic E-state index is 12.6. The highest BCUT2D eigenvalue weighted by Crippen LogP contribution is 2.33. The molecule has 3 rings (SSSR count). The SMILES string of the molecule is CC1Oc2ccccc2OC1C(=O)N1CCCNC(=O)C1. The lowest BCUT2D eigenvalue weighted by Gasteiger charge is -2.33. The van der Waals surface area contributed by atoms with Gasteiger partial charge in [-0.25, -0.2) is 0 Å². The van der Waals surface area contributed by atoms with E-state index in [1.54, 1.807) is 17.9 Å². The van der Waals surface area contributed by atoms with E-state index in [1.165, 1.54) is 0 Å². The second-order valence-corrected chi connectivity index (χ2v) is 5.27. The van der Waals surface area contributed by atoms with Crippen molar-refractivity contribution in [1.82, 2.24) is 10.2 Å². The smallest absolute Gasteiger partial charge is 0.268 e. The first-order valence-corrected chi connectivity index (χ1v) is 7.13. The highest BCUT2D eigenvalue weighted by Gasteiger charge is 2.37. The lowest BCUT2D eigenvalue weighted by Crippen LogP contribution is -2.52. The Kier molecular flexibility index (Phi) is 3.68. The maximum Gasteiger partial charge on any atom is 0.268 e.